The van der Waals surface area contributed by atoms with Crippen LogP contribution in [0.4, 0.5) is 0 Å². The lowest BCUT2D eigenvalue weighted by molar-refractivity contribution is 0.273. The molecule has 3 nitrogen and oxygen atoms in total. The number of aliphatic hydroxyl groups excluding tert-OH is 1. The van der Waals surface area contributed by atoms with Crippen LogP contribution >= 0.6 is 11.6 Å². The molecule has 0 spiro atoms. The van der Waals surface area contributed by atoms with Crippen molar-refractivity contribution >= 4 is 11.6 Å². The van der Waals surface area contributed by atoms with Gasteiger partial charge in [0.2, 0.25) is 0 Å². The number of aliphatic hydroxyl groups is 1. The first-order chi connectivity index (χ1) is 7.69. The summed E-state index contributed by atoms with van der Waals surface area (Å²) in [6.07, 6.45) is 1.33. The van der Waals surface area contributed by atoms with Crippen molar-refractivity contribution in [2.75, 3.05) is 13.2 Å². The van der Waals surface area contributed by atoms with Crippen LogP contribution in [0, 0.1) is 11.3 Å². The summed E-state index contributed by atoms with van der Waals surface area (Å²) in [6.45, 7) is 0.482. The number of β-amino-alcohol motifs (C(OH)–C–C–N with tert-alkyl or cyclic N) is 1. The van der Waals surface area contributed by atoms with E-state index in [0.717, 1.165) is 11.1 Å². The zero-order chi connectivity index (χ0) is 11.6. The van der Waals surface area contributed by atoms with Gasteiger partial charge in [0.1, 0.15) is 5.54 Å². The number of fused-ring (bicyclic) bond motifs is 1. The second-order valence-electron chi connectivity index (χ2n) is 4.11. The van der Waals surface area contributed by atoms with E-state index in [1.807, 2.05) is 18.2 Å². The average Bonchev–Trinajstić information content (AvgIpc) is 2.65. The predicted molar refractivity (Wildman–Crippen MR) is 62.3 cm³/mol. The van der Waals surface area contributed by atoms with Crippen molar-refractivity contribution in [2.24, 2.45) is 0 Å². The van der Waals surface area contributed by atoms with Crippen LogP contribution in [-0.4, -0.2) is 23.8 Å². The van der Waals surface area contributed by atoms with E-state index >= 15 is 0 Å². The van der Waals surface area contributed by atoms with Crippen molar-refractivity contribution in [3.8, 4) is 6.07 Å². The molecule has 1 unspecified atom stereocenters. The zero-order valence-corrected chi connectivity index (χ0v) is 9.59. The van der Waals surface area contributed by atoms with Gasteiger partial charge in [0.25, 0.3) is 0 Å². The first-order valence-electron chi connectivity index (χ1n) is 5.23. The average molecular weight is 237 g/mol. The minimum Gasteiger partial charge on any atom is -0.395 e. The van der Waals surface area contributed by atoms with Crippen LogP contribution in [0.1, 0.15) is 11.1 Å². The summed E-state index contributed by atoms with van der Waals surface area (Å²) in [4.78, 5) is 0. The fourth-order valence-electron chi connectivity index (χ4n) is 2.18. The first kappa shape index (κ1) is 11.4. The Morgan fingerprint density at radius 2 is 2.19 bits per heavy atom. The van der Waals surface area contributed by atoms with E-state index in [1.165, 1.54) is 0 Å². The number of rotatable bonds is 3. The molecule has 1 aromatic rings. The van der Waals surface area contributed by atoms with Gasteiger partial charge in [-0.05, 0) is 23.3 Å². The lowest BCUT2D eigenvalue weighted by Gasteiger charge is -2.21. The summed E-state index contributed by atoms with van der Waals surface area (Å²) in [5, 5.41) is 21.9. The second-order valence-corrected chi connectivity index (χ2v) is 4.55. The van der Waals surface area contributed by atoms with Crippen molar-refractivity contribution in [2.45, 2.75) is 18.4 Å². The van der Waals surface area contributed by atoms with Gasteiger partial charge in [-0.1, -0.05) is 17.7 Å². The lowest BCUT2D eigenvalue weighted by Crippen LogP contribution is -2.46. The SMILES string of the molecule is N#CC1(NCCO)Cc2ccc(Cl)cc2C1. The molecule has 1 atom stereocenters. The van der Waals surface area contributed by atoms with Gasteiger partial charge in [-0.2, -0.15) is 5.26 Å². The molecule has 2 rings (SSSR count). The topological polar surface area (TPSA) is 56.0 Å². The largest absolute Gasteiger partial charge is 0.395 e. The minimum absolute atomic E-state index is 0.0422. The Bertz CT molecular complexity index is 441. The van der Waals surface area contributed by atoms with Crippen LogP contribution in [0.3, 0.4) is 0 Å². The molecule has 0 amide bonds. The molecule has 2 N–H and O–H groups in total. The van der Waals surface area contributed by atoms with Crippen molar-refractivity contribution in [1.29, 1.82) is 5.26 Å². The van der Waals surface area contributed by atoms with Crippen LogP contribution < -0.4 is 5.32 Å². The van der Waals surface area contributed by atoms with Gasteiger partial charge in [0.05, 0.1) is 12.7 Å². The van der Waals surface area contributed by atoms with E-state index in [0.29, 0.717) is 24.4 Å². The highest BCUT2D eigenvalue weighted by molar-refractivity contribution is 6.30. The normalized spacial score (nSPS) is 22.8. The molecular weight excluding hydrogens is 224 g/mol. The number of benzene rings is 1. The van der Waals surface area contributed by atoms with Gasteiger partial charge in [0.15, 0.2) is 0 Å². The zero-order valence-electron chi connectivity index (χ0n) is 8.83. The molecular formula is C12H13ClN2O. The Hall–Kier alpha value is -1.08. The molecule has 0 saturated carbocycles. The fourth-order valence-corrected chi connectivity index (χ4v) is 2.38. The molecule has 0 aliphatic heterocycles. The van der Waals surface area contributed by atoms with Gasteiger partial charge in [-0.3, -0.25) is 5.32 Å². The molecule has 16 heavy (non-hydrogen) atoms. The highest BCUT2D eigenvalue weighted by atomic mass is 35.5. The fraction of sp³-hybridized carbons (Fsp3) is 0.417. The van der Waals surface area contributed by atoms with E-state index < -0.39 is 5.54 Å². The maximum Gasteiger partial charge on any atom is 0.114 e. The van der Waals surface area contributed by atoms with Crippen LogP contribution in [0.15, 0.2) is 18.2 Å². The van der Waals surface area contributed by atoms with Crippen molar-refractivity contribution in [3.63, 3.8) is 0 Å². The van der Waals surface area contributed by atoms with E-state index in [9.17, 15) is 5.26 Å². The summed E-state index contributed by atoms with van der Waals surface area (Å²) >= 11 is 5.92. The maximum atomic E-state index is 9.26. The van der Waals surface area contributed by atoms with Gasteiger partial charge in [0, 0.05) is 24.4 Å². The Labute approximate surface area is 99.7 Å². The number of nitriles is 1. The second kappa shape index (κ2) is 4.42. The van der Waals surface area contributed by atoms with Crippen LogP contribution in [0.25, 0.3) is 0 Å². The predicted octanol–water partition coefficient (Wildman–Crippen LogP) is 1.28. The van der Waals surface area contributed by atoms with Crippen molar-refractivity contribution < 1.29 is 5.11 Å². The van der Waals surface area contributed by atoms with Gasteiger partial charge < -0.3 is 5.11 Å². The van der Waals surface area contributed by atoms with Crippen molar-refractivity contribution in [1.82, 2.24) is 5.32 Å². The molecule has 1 aliphatic rings. The molecule has 0 heterocycles. The summed E-state index contributed by atoms with van der Waals surface area (Å²) < 4.78 is 0. The standard InChI is InChI=1S/C12H13ClN2O/c13-11-2-1-9-6-12(8-14,15-3-4-16)7-10(9)5-11/h1-2,5,15-16H,3-4,6-7H2. The Morgan fingerprint density at radius 1 is 1.44 bits per heavy atom. The van der Waals surface area contributed by atoms with E-state index in [2.05, 4.69) is 11.4 Å². The van der Waals surface area contributed by atoms with Gasteiger partial charge in [-0.25, -0.2) is 0 Å². The molecule has 0 bridgehead atoms. The Balaban J connectivity index is 2.22. The molecule has 0 radical (unpaired) electrons. The Morgan fingerprint density at radius 3 is 2.88 bits per heavy atom. The summed E-state index contributed by atoms with van der Waals surface area (Å²) in [5.41, 5.74) is 1.71. The molecule has 84 valence electrons. The molecule has 4 heteroatoms. The maximum absolute atomic E-state index is 9.26. The van der Waals surface area contributed by atoms with Gasteiger partial charge >= 0.3 is 0 Å². The smallest absolute Gasteiger partial charge is 0.114 e. The third-order valence-corrected chi connectivity index (χ3v) is 3.18. The van der Waals surface area contributed by atoms with E-state index in [1.54, 1.807) is 0 Å². The summed E-state index contributed by atoms with van der Waals surface area (Å²) in [6, 6.07) is 8.04. The molecule has 1 aromatic carbocycles. The summed E-state index contributed by atoms with van der Waals surface area (Å²) in [5.74, 6) is 0. The third kappa shape index (κ3) is 2.05. The van der Waals surface area contributed by atoms with Crippen LogP contribution in [0.2, 0.25) is 5.02 Å². The van der Waals surface area contributed by atoms with Crippen LogP contribution in [-0.2, 0) is 12.8 Å². The third-order valence-electron chi connectivity index (χ3n) is 2.94. The highest BCUT2D eigenvalue weighted by Gasteiger charge is 2.36. The summed E-state index contributed by atoms with van der Waals surface area (Å²) in [7, 11) is 0. The Kier molecular flexibility index (Phi) is 3.15. The number of nitrogens with one attached hydrogen (secondary N) is 1. The van der Waals surface area contributed by atoms with E-state index in [-0.39, 0.29) is 6.61 Å². The monoisotopic (exact) mass is 236 g/mol. The highest BCUT2D eigenvalue weighted by Crippen LogP contribution is 2.31. The number of hydrogen-bond acceptors (Lipinski definition) is 3. The molecule has 1 aliphatic carbocycles. The number of nitrogens with zero attached hydrogens (tertiary/aromatic N) is 1. The van der Waals surface area contributed by atoms with Crippen molar-refractivity contribution in [3.05, 3.63) is 34.3 Å². The number of hydrogen-bond donors (Lipinski definition) is 2. The van der Waals surface area contributed by atoms with E-state index in [4.69, 9.17) is 16.7 Å². The van der Waals surface area contributed by atoms with Crippen LogP contribution in [0.5, 0.6) is 0 Å². The molecule has 0 fully saturated rings. The number of halogens is 1. The quantitative estimate of drug-likeness (QED) is 0.832. The lowest BCUT2D eigenvalue weighted by atomic mass is 9.98. The molecule has 0 aromatic heterocycles. The molecule has 0 saturated heterocycles. The first-order valence-corrected chi connectivity index (χ1v) is 5.61. The minimum atomic E-state index is -0.574. The van der Waals surface area contributed by atoms with Gasteiger partial charge in [-0.15, -0.1) is 0 Å².